The summed E-state index contributed by atoms with van der Waals surface area (Å²) in [6.07, 6.45) is 2.58. The van der Waals surface area contributed by atoms with Gasteiger partial charge in [-0.3, -0.25) is 19.2 Å². The van der Waals surface area contributed by atoms with Crippen LogP contribution in [0.5, 0.6) is 11.5 Å². The molecule has 1 aromatic rings. The van der Waals surface area contributed by atoms with Gasteiger partial charge in [0, 0.05) is 51.5 Å². The van der Waals surface area contributed by atoms with E-state index < -0.39 is 41.3 Å². The molecule has 13 heteroatoms. The van der Waals surface area contributed by atoms with Gasteiger partial charge in [-0.2, -0.15) is 0 Å². The lowest BCUT2D eigenvalue weighted by atomic mass is 9.80. The zero-order valence-corrected chi connectivity index (χ0v) is 30.8. The Bertz CT molecular complexity index is 1130. The Labute approximate surface area is 292 Å². The molecule has 8 N–H and O–H groups in total. The van der Waals surface area contributed by atoms with Gasteiger partial charge >= 0.3 is 11.9 Å². The van der Waals surface area contributed by atoms with Crippen LogP contribution in [0, 0.1) is 29.1 Å². The number of carbonyl (C=O) groups is 4. The van der Waals surface area contributed by atoms with Crippen LogP contribution in [0.1, 0.15) is 92.1 Å². The number of amides is 2. The molecule has 1 rings (SSSR count). The smallest absolute Gasteiger partial charge is 0.303 e. The number of carbonyl (C=O) groups excluding carboxylic acids is 2. The molecule has 0 heterocycles. The van der Waals surface area contributed by atoms with E-state index in [1.54, 1.807) is 28.1 Å². The predicted octanol–water partition coefficient (Wildman–Crippen LogP) is 4.01. The van der Waals surface area contributed by atoms with Crippen LogP contribution < -0.4 is 26.3 Å². The third-order valence-corrected chi connectivity index (χ3v) is 8.53. The number of rotatable bonds is 24. The average Bonchev–Trinajstić information content (AvgIpc) is 3.02. The summed E-state index contributed by atoms with van der Waals surface area (Å²) >= 11 is 0. The largest absolute Gasteiger partial charge is 0.493 e. The van der Waals surface area contributed by atoms with Crippen molar-refractivity contribution < 1.29 is 48.7 Å². The Kier molecular flexibility index (Phi) is 22.2. The van der Waals surface area contributed by atoms with Gasteiger partial charge in [-0.05, 0) is 81.4 Å². The minimum absolute atomic E-state index is 0.00829. The standard InChI is InChI=1S/C30H53N3O6.C6H10O4/c1-19(2)22(14-21-10-11-26(38-8)27(15-21)39-13-9-12-37-7)16-24(31)25(34)17-23(20(3)4)28(35)33-18-30(5,6)29(32)36;7-5(8)3-1-2-4-6(9)10/h10-11,15,19-20,22-25,34H,9,12-14,16-18,31H2,1-8H3,(H2,32,36)(H,33,35);1-4H2,(H,7,8)(H,9,10)/t22-,23-,24-,25-;/m0./s1. The third kappa shape index (κ3) is 19.4. The molecule has 2 amide bonds. The van der Waals surface area contributed by atoms with E-state index in [9.17, 15) is 24.3 Å². The van der Waals surface area contributed by atoms with Crippen molar-refractivity contribution in [3.05, 3.63) is 23.8 Å². The van der Waals surface area contributed by atoms with E-state index in [1.807, 2.05) is 32.0 Å². The molecule has 0 spiro atoms. The molecule has 49 heavy (non-hydrogen) atoms. The molecule has 0 aromatic heterocycles. The first-order valence-corrected chi connectivity index (χ1v) is 17.1. The molecule has 0 aliphatic rings. The highest BCUT2D eigenvalue weighted by molar-refractivity contribution is 5.83. The van der Waals surface area contributed by atoms with Gasteiger partial charge in [0.25, 0.3) is 0 Å². The van der Waals surface area contributed by atoms with Gasteiger partial charge in [-0.15, -0.1) is 0 Å². The number of hydrogen-bond acceptors (Lipinski definition) is 9. The van der Waals surface area contributed by atoms with E-state index in [4.69, 9.17) is 35.9 Å². The summed E-state index contributed by atoms with van der Waals surface area (Å²) in [6.45, 7) is 12.9. The number of aliphatic hydroxyl groups is 1. The Morgan fingerprint density at radius 2 is 1.47 bits per heavy atom. The summed E-state index contributed by atoms with van der Waals surface area (Å²) in [5.41, 5.74) is 12.2. The van der Waals surface area contributed by atoms with Gasteiger partial charge in [0.05, 0.1) is 25.2 Å². The van der Waals surface area contributed by atoms with Crippen molar-refractivity contribution in [3.63, 3.8) is 0 Å². The number of unbranched alkanes of at least 4 members (excludes halogenated alkanes) is 1. The predicted molar refractivity (Wildman–Crippen MR) is 188 cm³/mol. The number of nitrogens with one attached hydrogen (secondary N) is 1. The maximum Gasteiger partial charge on any atom is 0.303 e. The first-order valence-electron chi connectivity index (χ1n) is 17.1. The van der Waals surface area contributed by atoms with Crippen molar-refractivity contribution in [2.75, 3.05) is 34.0 Å². The number of benzene rings is 1. The quantitative estimate of drug-likeness (QED) is 0.0847. The molecular formula is C36H63N3O10. The molecule has 0 radical (unpaired) electrons. The van der Waals surface area contributed by atoms with Crippen LogP contribution in [0.2, 0.25) is 0 Å². The van der Waals surface area contributed by atoms with Crippen LogP contribution in [-0.4, -0.2) is 85.2 Å². The highest BCUT2D eigenvalue weighted by Crippen LogP contribution is 2.32. The minimum atomic E-state index is -0.870. The maximum absolute atomic E-state index is 12.9. The molecular weight excluding hydrogens is 634 g/mol. The van der Waals surface area contributed by atoms with Crippen molar-refractivity contribution in [1.29, 1.82) is 0 Å². The molecule has 4 atom stereocenters. The number of nitrogens with two attached hydrogens (primary N) is 2. The van der Waals surface area contributed by atoms with Crippen molar-refractivity contribution in [2.24, 2.45) is 40.6 Å². The fraction of sp³-hybridized carbons (Fsp3) is 0.722. The number of carboxylic acids is 2. The van der Waals surface area contributed by atoms with E-state index in [0.717, 1.165) is 18.4 Å². The average molecular weight is 698 g/mol. The Balaban J connectivity index is 0.00000198. The lowest BCUT2D eigenvalue weighted by Crippen LogP contribution is -2.46. The zero-order valence-electron chi connectivity index (χ0n) is 30.8. The second kappa shape index (κ2) is 23.9. The van der Waals surface area contributed by atoms with Gasteiger partial charge in [0.15, 0.2) is 11.5 Å². The molecule has 1 aromatic carbocycles. The highest BCUT2D eigenvalue weighted by Gasteiger charge is 2.32. The second-order valence-corrected chi connectivity index (χ2v) is 13.9. The lowest BCUT2D eigenvalue weighted by molar-refractivity contribution is -0.139. The van der Waals surface area contributed by atoms with E-state index in [-0.39, 0.29) is 43.6 Å². The van der Waals surface area contributed by atoms with Gasteiger partial charge < -0.3 is 46.3 Å². The monoisotopic (exact) mass is 697 g/mol. The van der Waals surface area contributed by atoms with Crippen molar-refractivity contribution in [3.8, 4) is 11.5 Å². The molecule has 0 fully saturated rings. The van der Waals surface area contributed by atoms with E-state index in [2.05, 4.69) is 19.2 Å². The minimum Gasteiger partial charge on any atom is -0.493 e. The van der Waals surface area contributed by atoms with Crippen molar-refractivity contribution in [1.82, 2.24) is 5.32 Å². The van der Waals surface area contributed by atoms with E-state index >= 15 is 0 Å². The first kappa shape index (κ1) is 45.6. The van der Waals surface area contributed by atoms with Crippen molar-refractivity contribution in [2.45, 2.75) is 105 Å². The number of ether oxygens (including phenoxy) is 3. The topological polar surface area (TPSA) is 221 Å². The van der Waals surface area contributed by atoms with Crippen LogP contribution in [-0.2, 0) is 30.3 Å². The summed E-state index contributed by atoms with van der Waals surface area (Å²) in [6, 6.07) is 5.47. The van der Waals surface area contributed by atoms with Crippen LogP contribution in [0.4, 0.5) is 0 Å². The van der Waals surface area contributed by atoms with Gasteiger partial charge in [0.1, 0.15) is 0 Å². The fourth-order valence-corrected chi connectivity index (χ4v) is 4.94. The summed E-state index contributed by atoms with van der Waals surface area (Å²) < 4.78 is 16.5. The lowest BCUT2D eigenvalue weighted by Gasteiger charge is -2.30. The summed E-state index contributed by atoms with van der Waals surface area (Å²) in [4.78, 5) is 44.3. The fourth-order valence-electron chi connectivity index (χ4n) is 4.94. The Hall–Kier alpha value is -3.42. The molecule has 13 nitrogen and oxygen atoms in total. The van der Waals surface area contributed by atoms with Crippen LogP contribution >= 0.6 is 0 Å². The number of carboxylic acid groups (broad SMARTS) is 2. The van der Waals surface area contributed by atoms with Crippen LogP contribution in [0.3, 0.4) is 0 Å². The normalized spacial score (nSPS) is 13.9. The molecule has 0 saturated carbocycles. The maximum atomic E-state index is 12.9. The molecule has 0 aliphatic heterocycles. The van der Waals surface area contributed by atoms with Crippen LogP contribution in [0.15, 0.2) is 18.2 Å². The number of methoxy groups -OCH3 is 2. The Morgan fingerprint density at radius 1 is 0.878 bits per heavy atom. The first-order chi connectivity index (χ1) is 22.9. The van der Waals surface area contributed by atoms with Crippen molar-refractivity contribution >= 4 is 23.8 Å². The summed E-state index contributed by atoms with van der Waals surface area (Å²) in [7, 11) is 3.29. The van der Waals surface area contributed by atoms with Crippen LogP contribution in [0.25, 0.3) is 0 Å². The van der Waals surface area contributed by atoms with Gasteiger partial charge in [-0.25, -0.2) is 0 Å². The molecule has 0 unspecified atom stereocenters. The summed E-state index contributed by atoms with van der Waals surface area (Å²) in [5, 5.41) is 30.1. The number of primary amides is 1. The molecule has 0 bridgehead atoms. The Morgan fingerprint density at radius 3 is 1.94 bits per heavy atom. The van der Waals surface area contributed by atoms with E-state index in [1.165, 1.54) is 0 Å². The number of aliphatic carboxylic acids is 2. The number of hydrogen-bond donors (Lipinski definition) is 6. The molecule has 282 valence electrons. The van der Waals surface area contributed by atoms with Gasteiger partial charge in [-0.1, -0.05) is 33.8 Å². The van der Waals surface area contributed by atoms with E-state index in [0.29, 0.717) is 49.9 Å². The third-order valence-electron chi connectivity index (χ3n) is 8.53. The molecule has 0 aliphatic carbocycles. The SMILES string of the molecule is COCCCOc1cc(C[C@@H](C[C@H](N)[C@@H](O)C[C@H](C(=O)NCC(C)(C)C(N)=O)C(C)C)C(C)C)ccc1OC.O=C(O)CCCCC(=O)O. The number of aliphatic hydroxyl groups excluding tert-OH is 1. The zero-order chi connectivity index (χ0) is 37.7. The highest BCUT2D eigenvalue weighted by atomic mass is 16.5. The van der Waals surface area contributed by atoms with Gasteiger partial charge in [0.2, 0.25) is 11.8 Å². The summed E-state index contributed by atoms with van der Waals surface area (Å²) in [5.74, 6) is -0.948. The second-order valence-electron chi connectivity index (χ2n) is 13.9. The molecule has 0 saturated heterocycles.